The maximum Gasteiger partial charge on any atom is 0.266 e. The number of aromatic nitrogens is 3. The van der Waals surface area contributed by atoms with Crippen LogP contribution in [-0.2, 0) is 6.42 Å². The number of rotatable bonds is 4. The van der Waals surface area contributed by atoms with Gasteiger partial charge in [-0.25, -0.2) is 0 Å². The molecule has 4 rings (SSSR count). The zero-order valence-corrected chi connectivity index (χ0v) is 16.8. The average molecular weight is 413 g/mol. The number of nitrogens with zero attached hydrogens (tertiary/aromatic N) is 3. The molecule has 0 saturated carbocycles. The SMILES string of the molecule is Cc1ccccc1-c1noc(CC2CCCN(C(=O)c3c[nH]c(=O)c(Cl)c3)C2)n1. The summed E-state index contributed by atoms with van der Waals surface area (Å²) >= 11 is 5.85. The normalized spacial score (nSPS) is 16.8. The third-order valence-corrected chi connectivity index (χ3v) is 5.51. The second kappa shape index (κ2) is 8.21. The van der Waals surface area contributed by atoms with E-state index in [1.807, 2.05) is 31.2 Å². The summed E-state index contributed by atoms with van der Waals surface area (Å²) in [5.41, 5.74) is 2.03. The van der Waals surface area contributed by atoms with Crippen molar-refractivity contribution < 1.29 is 9.32 Å². The standard InChI is InChI=1S/C21H21ClN4O3/c1-13-5-2-3-7-16(13)19-24-18(29-25-19)9-14-6-4-8-26(12-14)21(28)15-10-17(22)20(27)23-11-15/h2-3,5,7,10-11,14H,4,6,8-9,12H2,1H3,(H,23,27). The molecular formula is C21H21ClN4O3. The van der Waals surface area contributed by atoms with E-state index in [-0.39, 0.29) is 16.8 Å². The summed E-state index contributed by atoms with van der Waals surface area (Å²) in [5, 5.41) is 4.13. The van der Waals surface area contributed by atoms with Crippen LogP contribution in [0.2, 0.25) is 5.02 Å². The van der Waals surface area contributed by atoms with Crippen molar-refractivity contribution in [3.8, 4) is 11.4 Å². The van der Waals surface area contributed by atoms with E-state index < -0.39 is 5.56 Å². The van der Waals surface area contributed by atoms with Gasteiger partial charge in [0.05, 0.1) is 5.56 Å². The fraction of sp³-hybridized carbons (Fsp3) is 0.333. The molecule has 0 spiro atoms. The van der Waals surface area contributed by atoms with Crippen LogP contribution in [0.3, 0.4) is 0 Å². The predicted molar refractivity (Wildman–Crippen MR) is 109 cm³/mol. The first kappa shape index (κ1) is 19.4. The van der Waals surface area contributed by atoms with Gasteiger partial charge in [-0.2, -0.15) is 4.98 Å². The molecule has 1 aliphatic rings. The van der Waals surface area contributed by atoms with Gasteiger partial charge in [-0.05, 0) is 37.3 Å². The van der Waals surface area contributed by atoms with E-state index >= 15 is 0 Å². The number of likely N-dealkylation sites (tertiary alicyclic amines) is 1. The van der Waals surface area contributed by atoms with Crippen LogP contribution < -0.4 is 5.56 Å². The maximum atomic E-state index is 12.8. The molecule has 1 fully saturated rings. The van der Waals surface area contributed by atoms with E-state index in [1.165, 1.54) is 12.3 Å². The molecule has 3 heterocycles. The Bertz CT molecular complexity index is 1090. The Morgan fingerprint density at radius 1 is 1.38 bits per heavy atom. The Hall–Kier alpha value is -2.93. The molecule has 1 saturated heterocycles. The number of H-pyrrole nitrogens is 1. The second-order valence-electron chi connectivity index (χ2n) is 7.36. The average Bonchev–Trinajstić information content (AvgIpc) is 3.18. The zero-order chi connectivity index (χ0) is 20.4. The summed E-state index contributed by atoms with van der Waals surface area (Å²) in [7, 11) is 0. The smallest absolute Gasteiger partial charge is 0.266 e. The topological polar surface area (TPSA) is 92.1 Å². The molecular weight excluding hydrogens is 392 g/mol. The molecule has 1 atom stereocenters. The second-order valence-corrected chi connectivity index (χ2v) is 7.76. The summed E-state index contributed by atoms with van der Waals surface area (Å²) < 4.78 is 5.46. The van der Waals surface area contributed by atoms with Crippen LogP contribution in [0.1, 0.15) is 34.7 Å². The lowest BCUT2D eigenvalue weighted by atomic mass is 9.94. The van der Waals surface area contributed by atoms with E-state index in [2.05, 4.69) is 15.1 Å². The van der Waals surface area contributed by atoms with Crippen molar-refractivity contribution in [2.45, 2.75) is 26.2 Å². The summed E-state index contributed by atoms with van der Waals surface area (Å²) in [4.78, 5) is 33.0. The van der Waals surface area contributed by atoms with Gasteiger partial charge in [0.25, 0.3) is 11.5 Å². The Kier molecular flexibility index (Phi) is 5.49. The van der Waals surface area contributed by atoms with Gasteiger partial charge in [0.2, 0.25) is 11.7 Å². The van der Waals surface area contributed by atoms with Gasteiger partial charge in [-0.1, -0.05) is 41.0 Å². The molecule has 0 bridgehead atoms. The number of carbonyl (C=O) groups is 1. The van der Waals surface area contributed by atoms with Crippen molar-refractivity contribution in [3.05, 3.63) is 68.9 Å². The van der Waals surface area contributed by atoms with Crippen molar-refractivity contribution in [2.75, 3.05) is 13.1 Å². The third kappa shape index (κ3) is 4.24. The minimum absolute atomic E-state index is 0.0130. The Morgan fingerprint density at radius 2 is 2.21 bits per heavy atom. The molecule has 1 N–H and O–H groups in total. The van der Waals surface area contributed by atoms with Gasteiger partial charge in [0.1, 0.15) is 5.02 Å². The Balaban J connectivity index is 1.44. The van der Waals surface area contributed by atoms with Crippen LogP contribution in [0.4, 0.5) is 0 Å². The van der Waals surface area contributed by atoms with Crippen LogP contribution in [0.25, 0.3) is 11.4 Å². The van der Waals surface area contributed by atoms with Crippen LogP contribution in [-0.4, -0.2) is 39.0 Å². The predicted octanol–water partition coefficient (Wildman–Crippen LogP) is 3.48. The van der Waals surface area contributed by atoms with Crippen molar-refractivity contribution in [2.24, 2.45) is 5.92 Å². The quantitative estimate of drug-likeness (QED) is 0.708. The molecule has 29 heavy (non-hydrogen) atoms. The molecule has 0 aliphatic carbocycles. The number of carbonyl (C=O) groups excluding carboxylic acids is 1. The first-order chi connectivity index (χ1) is 14.0. The van der Waals surface area contributed by atoms with Crippen LogP contribution >= 0.6 is 11.6 Å². The molecule has 7 nitrogen and oxygen atoms in total. The summed E-state index contributed by atoms with van der Waals surface area (Å²) in [6, 6.07) is 9.33. The minimum atomic E-state index is -0.402. The number of hydrogen-bond acceptors (Lipinski definition) is 5. The number of amides is 1. The highest BCUT2D eigenvalue weighted by molar-refractivity contribution is 6.30. The minimum Gasteiger partial charge on any atom is -0.339 e. The van der Waals surface area contributed by atoms with E-state index in [1.54, 1.807) is 4.90 Å². The molecule has 8 heteroatoms. The van der Waals surface area contributed by atoms with Crippen molar-refractivity contribution in [3.63, 3.8) is 0 Å². The van der Waals surface area contributed by atoms with E-state index in [0.29, 0.717) is 36.8 Å². The summed E-state index contributed by atoms with van der Waals surface area (Å²) in [6.45, 7) is 3.28. The molecule has 1 aromatic carbocycles. The van der Waals surface area contributed by atoms with Gasteiger partial charge >= 0.3 is 0 Å². The number of nitrogens with one attached hydrogen (secondary N) is 1. The highest BCUT2D eigenvalue weighted by Gasteiger charge is 2.26. The molecule has 3 aromatic rings. The lowest BCUT2D eigenvalue weighted by Gasteiger charge is -2.32. The molecule has 150 valence electrons. The number of piperidine rings is 1. The third-order valence-electron chi connectivity index (χ3n) is 5.23. The van der Waals surface area contributed by atoms with E-state index in [0.717, 1.165) is 24.0 Å². The monoisotopic (exact) mass is 412 g/mol. The molecule has 0 radical (unpaired) electrons. The van der Waals surface area contributed by atoms with E-state index in [9.17, 15) is 9.59 Å². The van der Waals surface area contributed by atoms with Crippen molar-refractivity contribution >= 4 is 17.5 Å². The summed E-state index contributed by atoms with van der Waals surface area (Å²) in [6.07, 6.45) is 3.91. The van der Waals surface area contributed by atoms with Crippen molar-refractivity contribution in [1.82, 2.24) is 20.0 Å². The number of hydrogen-bond donors (Lipinski definition) is 1. The van der Waals surface area contributed by atoms with Crippen LogP contribution in [0, 0.1) is 12.8 Å². The van der Waals surface area contributed by atoms with Gasteiger partial charge in [-0.15, -0.1) is 0 Å². The van der Waals surface area contributed by atoms with E-state index in [4.69, 9.17) is 16.1 Å². The maximum absolute atomic E-state index is 12.8. The Labute approximate surface area is 172 Å². The van der Waals surface area contributed by atoms with Crippen LogP contribution in [0.5, 0.6) is 0 Å². The van der Waals surface area contributed by atoms with Crippen molar-refractivity contribution in [1.29, 1.82) is 0 Å². The van der Waals surface area contributed by atoms with Gasteiger partial charge in [0, 0.05) is 31.3 Å². The zero-order valence-electron chi connectivity index (χ0n) is 16.0. The van der Waals surface area contributed by atoms with Gasteiger partial charge in [-0.3, -0.25) is 9.59 Å². The molecule has 2 aromatic heterocycles. The number of halogens is 1. The fourth-order valence-corrected chi connectivity index (χ4v) is 3.87. The molecule has 1 unspecified atom stereocenters. The van der Waals surface area contributed by atoms with Gasteiger partial charge in [0.15, 0.2) is 0 Å². The molecule has 1 aliphatic heterocycles. The lowest BCUT2D eigenvalue weighted by molar-refractivity contribution is 0.0667. The summed E-state index contributed by atoms with van der Waals surface area (Å²) in [5.74, 6) is 1.26. The number of pyridine rings is 1. The molecule has 1 amide bonds. The number of aryl methyl sites for hydroxylation is 1. The van der Waals surface area contributed by atoms with Gasteiger partial charge < -0.3 is 14.4 Å². The number of benzene rings is 1. The first-order valence-corrected chi connectivity index (χ1v) is 9.95. The highest BCUT2D eigenvalue weighted by atomic mass is 35.5. The number of aromatic amines is 1. The van der Waals surface area contributed by atoms with Crippen LogP contribution in [0.15, 0.2) is 45.8 Å². The fourth-order valence-electron chi connectivity index (χ4n) is 3.70. The first-order valence-electron chi connectivity index (χ1n) is 9.57. The largest absolute Gasteiger partial charge is 0.339 e. The lowest BCUT2D eigenvalue weighted by Crippen LogP contribution is -2.40. The Morgan fingerprint density at radius 3 is 3.00 bits per heavy atom. The highest BCUT2D eigenvalue weighted by Crippen LogP contribution is 2.24.